The molecule has 0 aromatic carbocycles. The van der Waals surface area contributed by atoms with Crippen molar-refractivity contribution in [2.24, 2.45) is 23.7 Å². The number of ether oxygens (including phenoxy) is 1. The van der Waals surface area contributed by atoms with E-state index in [-0.39, 0.29) is 15.0 Å². The summed E-state index contributed by atoms with van der Waals surface area (Å²) in [7, 11) is 0. The summed E-state index contributed by atoms with van der Waals surface area (Å²) in [6.45, 7) is 6.28. The van der Waals surface area contributed by atoms with Gasteiger partial charge in [-0.25, -0.2) is 0 Å². The SMILES string of the molecule is CCC1(OC(=O)C(C)(I)CC)CCC2C3CCC(C3)C2C1. The fourth-order valence-electron chi connectivity index (χ4n) is 5.19. The number of carbonyl (C=O) groups excluding carboxylic acids is 1. The Labute approximate surface area is 142 Å². The average molecular weight is 404 g/mol. The third-order valence-corrected chi connectivity index (χ3v) is 8.06. The molecule has 0 amide bonds. The van der Waals surface area contributed by atoms with Crippen LogP contribution < -0.4 is 0 Å². The summed E-state index contributed by atoms with van der Waals surface area (Å²) >= 11 is 2.26. The highest BCUT2D eigenvalue weighted by molar-refractivity contribution is 14.1. The van der Waals surface area contributed by atoms with Crippen LogP contribution in [-0.4, -0.2) is 15.0 Å². The van der Waals surface area contributed by atoms with E-state index in [2.05, 4.69) is 36.4 Å². The van der Waals surface area contributed by atoms with Gasteiger partial charge in [0.25, 0.3) is 0 Å². The predicted molar refractivity (Wildman–Crippen MR) is 93.5 cm³/mol. The van der Waals surface area contributed by atoms with E-state index in [1.165, 1.54) is 25.7 Å². The van der Waals surface area contributed by atoms with Gasteiger partial charge in [0.05, 0.1) is 0 Å². The maximum absolute atomic E-state index is 12.6. The van der Waals surface area contributed by atoms with Crippen LogP contribution in [0.5, 0.6) is 0 Å². The Morgan fingerprint density at radius 2 is 1.90 bits per heavy atom. The van der Waals surface area contributed by atoms with E-state index in [9.17, 15) is 4.79 Å². The molecule has 6 atom stereocenters. The maximum Gasteiger partial charge on any atom is 0.322 e. The van der Waals surface area contributed by atoms with Crippen LogP contribution in [0.4, 0.5) is 0 Å². The lowest BCUT2D eigenvalue weighted by Crippen LogP contribution is -2.47. The monoisotopic (exact) mass is 404 g/mol. The third-order valence-electron chi connectivity index (χ3n) is 6.86. The first-order chi connectivity index (χ1) is 9.91. The van der Waals surface area contributed by atoms with Gasteiger partial charge in [0.2, 0.25) is 0 Å². The Morgan fingerprint density at radius 1 is 1.24 bits per heavy atom. The van der Waals surface area contributed by atoms with Crippen LogP contribution in [0.1, 0.15) is 72.1 Å². The summed E-state index contributed by atoms with van der Waals surface area (Å²) in [5.41, 5.74) is -0.162. The van der Waals surface area contributed by atoms with E-state index in [0.717, 1.165) is 49.4 Å². The molecule has 0 aromatic heterocycles. The highest BCUT2D eigenvalue weighted by atomic mass is 127. The molecule has 21 heavy (non-hydrogen) atoms. The summed E-state index contributed by atoms with van der Waals surface area (Å²) in [6.07, 6.45) is 9.69. The van der Waals surface area contributed by atoms with Crippen molar-refractivity contribution in [3.05, 3.63) is 0 Å². The molecule has 3 saturated carbocycles. The van der Waals surface area contributed by atoms with Crippen molar-refractivity contribution < 1.29 is 9.53 Å². The van der Waals surface area contributed by atoms with Crippen LogP contribution in [0.2, 0.25) is 0 Å². The zero-order valence-corrected chi connectivity index (χ0v) is 15.8. The fourth-order valence-corrected chi connectivity index (χ4v) is 5.30. The van der Waals surface area contributed by atoms with Crippen molar-refractivity contribution in [3.63, 3.8) is 0 Å². The molecule has 0 heterocycles. The number of rotatable bonds is 4. The molecule has 0 radical (unpaired) electrons. The smallest absolute Gasteiger partial charge is 0.322 e. The second-order valence-corrected chi connectivity index (χ2v) is 10.3. The minimum Gasteiger partial charge on any atom is -0.458 e. The zero-order valence-electron chi connectivity index (χ0n) is 13.7. The quantitative estimate of drug-likeness (QED) is 0.369. The molecule has 3 heteroatoms. The second-order valence-electron chi connectivity index (χ2n) is 7.88. The number of hydrogen-bond donors (Lipinski definition) is 0. The van der Waals surface area contributed by atoms with Crippen LogP contribution in [0.15, 0.2) is 0 Å². The van der Waals surface area contributed by atoms with Gasteiger partial charge in [0, 0.05) is 0 Å². The summed E-state index contributed by atoms with van der Waals surface area (Å²) in [4.78, 5) is 12.6. The van der Waals surface area contributed by atoms with Gasteiger partial charge in [-0.2, -0.15) is 0 Å². The van der Waals surface area contributed by atoms with E-state index in [0.29, 0.717) is 0 Å². The molecule has 0 aliphatic heterocycles. The van der Waals surface area contributed by atoms with Crippen LogP contribution in [-0.2, 0) is 9.53 Å². The van der Waals surface area contributed by atoms with E-state index in [1.54, 1.807) is 0 Å². The fraction of sp³-hybridized carbons (Fsp3) is 0.944. The number of carbonyl (C=O) groups is 1. The molecule has 0 aromatic rings. The van der Waals surface area contributed by atoms with E-state index >= 15 is 0 Å². The molecule has 3 fully saturated rings. The molecular formula is C18H29IO2. The highest BCUT2D eigenvalue weighted by Crippen LogP contribution is 2.60. The third kappa shape index (κ3) is 2.76. The van der Waals surface area contributed by atoms with E-state index in [1.807, 2.05) is 6.92 Å². The van der Waals surface area contributed by atoms with Crippen LogP contribution in [0, 0.1) is 23.7 Å². The second kappa shape index (κ2) is 5.68. The molecule has 120 valence electrons. The standard InChI is InChI=1S/C18H29IO2/c1-4-17(3,19)16(20)21-18(5-2)9-8-14-12-6-7-13(10-12)15(14)11-18/h12-15H,4-11H2,1-3H3. The van der Waals surface area contributed by atoms with Crippen molar-refractivity contribution in [2.45, 2.75) is 81.2 Å². The Hall–Kier alpha value is 0.200. The lowest BCUT2D eigenvalue weighted by molar-refractivity contribution is -0.170. The molecule has 3 aliphatic rings. The number of hydrogen-bond acceptors (Lipinski definition) is 2. The van der Waals surface area contributed by atoms with Gasteiger partial charge < -0.3 is 4.74 Å². The minimum atomic E-state index is -0.370. The molecule has 6 unspecified atom stereocenters. The van der Waals surface area contributed by atoms with Crippen molar-refractivity contribution >= 4 is 28.6 Å². The lowest BCUT2D eigenvalue weighted by Gasteiger charge is -2.46. The van der Waals surface area contributed by atoms with Gasteiger partial charge in [-0.15, -0.1) is 0 Å². The van der Waals surface area contributed by atoms with Crippen molar-refractivity contribution in [2.75, 3.05) is 0 Å². The number of fused-ring (bicyclic) bond motifs is 5. The Kier molecular flexibility index (Phi) is 4.35. The molecule has 3 rings (SSSR count). The van der Waals surface area contributed by atoms with Crippen LogP contribution >= 0.6 is 22.6 Å². The topological polar surface area (TPSA) is 26.3 Å². The largest absolute Gasteiger partial charge is 0.458 e. The minimum absolute atomic E-state index is 0.00839. The van der Waals surface area contributed by atoms with Gasteiger partial charge in [-0.1, -0.05) is 36.4 Å². The van der Waals surface area contributed by atoms with Crippen LogP contribution in [0.25, 0.3) is 0 Å². The average Bonchev–Trinajstić information content (AvgIpc) is 3.08. The Morgan fingerprint density at radius 3 is 2.52 bits per heavy atom. The Bertz CT molecular complexity index is 419. The maximum atomic E-state index is 12.6. The molecule has 2 nitrogen and oxygen atoms in total. The number of alkyl halides is 1. The van der Waals surface area contributed by atoms with E-state index in [4.69, 9.17) is 4.74 Å². The summed E-state index contributed by atoms with van der Waals surface area (Å²) in [6, 6.07) is 0. The van der Waals surface area contributed by atoms with Gasteiger partial charge in [-0.3, -0.25) is 4.79 Å². The molecule has 0 N–H and O–H groups in total. The summed E-state index contributed by atoms with van der Waals surface area (Å²) in [5.74, 6) is 3.72. The summed E-state index contributed by atoms with van der Waals surface area (Å²) in [5, 5.41) is 0. The van der Waals surface area contributed by atoms with Gasteiger partial charge in [0.15, 0.2) is 0 Å². The van der Waals surface area contributed by atoms with Gasteiger partial charge >= 0.3 is 5.97 Å². The van der Waals surface area contributed by atoms with Gasteiger partial charge in [-0.05, 0) is 82.0 Å². The van der Waals surface area contributed by atoms with Crippen LogP contribution in [0.3, 0.4) is 0 Å². The molecule has 3 aliphatic carbocycles. The number of esters is 1. The molecule has 0 spiro atoms. The first-order valence-electron chi connectivity index (χ1n) is 8.83. The predicted octanol–water partition coefficient (Wildman–Crippen LogP) is 5.13. The molecule has 0 saturated heterocycles. The first-order valence-corrected chi connectivity index (χ1v) is 9.91. The normalized spacial score (nSPS) is 44.2. The summed E-state index contributed by atoms with van der Waals surface area (Å²) < 4.78 is 5.78. The van der Waals surface area contributed by atoms with E-state index < -0.39 is 0 Å². The lowest BCUT2D eigenvalue weighted by atomic mass is 9.65. The molecule has 2 bridgehead atoms. The zero-order chi connectivity index (χ0) is 15.3. The van der Waals surface area contributed by atoms with Crippen molar-refractivity contribution in [1.29, 1.82) is 0 Å². The highest BCUT2D eigenvalue weighted by Gasteiger charge is 2.54. The van der Waals surface area contributed by atoms with Gasteiger partial charge in [0.1, 0.15) is 9.02 Å². The Balaban J connectivity index is 1.72. The number of halogens is 1. The molecular weight excluding hydrogens is 375 g/mol. The van der Waals surface area contributed by atoms with Crippen molar-refractivity contribution in [3.8, 4) is 0 Å². The van der Waals surface area contributed by atoms with Crippen molar-refractivity contribution in [1.82, 2.24) is 0 Å². The first kappa shape index (κ1) is 16.1.